The van der Waals surface area contributed by atoms with Crippen LogP contribution in [0, 0.1) is 0 Å². The number of halogens is 4. The average Bonchev–Trinajstić information content (AvgIpc) is 3.31. The summed E-state index contributed by atoms with van der Waals surface area (Å²) in [7, 11) is 0. The van der Waals surface area contributed by atoms with Gasteiger partial charge in [0.15, 0.2) is 5.96 Å². The van der Waals surface area contributed by atoms with Crippen LogP contribution in [0.2, 0.25) is 0 Å². The fraction of sp³-hybridized carbons (Fsp3) is 0.500. The van der Waals surface area contributed by atoms with Crippen molar-refractivity contribution in [3.8, 4) is 0 Å². The van der Waals surface area contributed by atoms with Gasteiger partial charge in [-0.15, -0.1) is 24.0 Å². The number of benzene rings is 1. The van der Waals surface area contributed by atoms with E-state index in [0.29, 0.717) is 38.6 Å². The molecule has 0 aliphatic carbocycles. The first kappa shape index (κ1) is 24.4. The Morgan fingerprint density at radius 2 is 2.10 bits per heavy atom. The number of nitrogens with zero attached hydrogens (tertiary/aromatic N) is 4. The molecule has 2 heterocycles. The van der Waals surface area contributed by atoms with E-state index in [1.807, 2.05) is 29.8 Å². The minimum atomic E-state index is -4.16. The van der Waals surface area contributed by atoms with Crippen molar-refractivity contribution in [2.24, 2.45) is 4.99 Å². The highest BCUT2D eigenvalue weighted by atomic mass is 127. The molecule has 0 saturated carbocycles. The smallest absolute Gasteiger partial charge is 0.357 e. The third-order valence-electron chi connectivity index (χ3n) is 4.70. The van der Waals surface area contributed by atoms with Crippen molar-refractivity contribution in [2.75, 3.05) is 26.2 Å². The zero-order valence-electron chi connectivity index (χ0n) is 16.9. The van der Waals surface area contributed by atoms with Crippen LogP contribution in [-0.2, 0) is 13.1 Å². The number of imidazole rings is 1. The molecule has 10 heteroatoms. The molecule has 3 rings (SSSR count). The van der Waals surface area contributed by atoms with Crippen molar-refractivity contribution in [1.29, 1.82) is 0 Å². The van der Waals surface area contributed by atoms with Crippen LogP contribution in [0.25, 0.3) is 0 Å². The van der Waals surface area contributed by atoms with E-state index in [-0.39, 0.29) is 30.0 Å². The van der Waals surface area contributed by atoms with Gasteiger partial charge in [0.05, 0.1) is 19.4 Å². The summed E-state index contributed by atoms with van der Waals surface area (Å²) in [5.41, 5.74) is 2.23. The molecule has 0 amide bonds. The maximum atomic E-state index is 12.6. The molecule has 1 atom stereocenters. The fourth-order valence-corrected chi connectivity index (χ4v) is 3.45. The quantitative estimate of drug-likeness (QED) is 0.324. The van der Waals surface area contributed by atoms with Crippen LogP contribution in [0.3, 0.4) is 0 Å². The van der Waals surface area contributed by atoms with Crippen molar-refractivity contribution in [1.82, 2.24) is 25.1 Å². The maximum Gasteiger partial charge on any atom is 0.401 e. The van der Waals surface area contributed by atoms with Gasteiger partial charge in [-0.3, -0.25) is 4.90 Å². The molecule has 1 aliphatic rings. The van der Waals surface area contributed by atoms with Gasteiger partial charge in [0.1, 0.15) is 0 Å². The molecule has 2 N–H and O–H groups in total. The third kappa shape index (κ3) is 8.13. The van der Waals surface area contributed by atoms with Crippen molar-refractivity contribution >= 4 is 29.9 Å². The molecule has 0 bridgehead atoms. The van der Waals surface area contributed by atoms with E-state index in [2.05, 4.69) is 32.7 Å². The topological polar surface area (TPSA) is 57.5 Å². The largest absolute Gasteiger partial charge is 0.401 e. The number of hydrogen-bond donors (Lipinski definition) is 2. The van der Waals surface area contributed by atoms with Crippen LogP contribution >= 0.6 is 24.0 Å². The molecule has 0 spiro atoms. The maximum absolute atomic E-state index is 12.6. The van der Waals surface area contributed by atoms with Crippen molar-refractivity contribution in [3.05, 3.63) is 54.1 Å². The predicted octanol–water partition coefficient (Wildman–Crippen LogP) is 3.24. The minimum absolute atomic E-state index is 0. The normalized spacial score (nSPS) is 17.6. The third-order valence-corrected chi connectivity index (χ3v) is 4.70. The van der Waals surface area contributed by atoms with Gasteiger partial charge >= 0.3 is 6.18 Å². The van der Waals surface area contributed by atoms with Gasteiger partial charge in [0, 0.05) is 44.6 Å². The molecule has 1 aromatic carbocycles. The number of guanidine groups is 1. The van der Waals surface area contributed by atoms with Gasteiger partial charge in [0.2, 0.25) is 0 Å². The van der Waals surface area contributed by atoms with Gasteiger partial charge in [-0.05, 0) is 24.5 Å². The lowest BCUT2D eigenvalue weighted by atomic mass is 10.1. The Hall–Kier alpha value is -1.82. The fourth-order valence-electron chi connectivity index (χ4n) is 3.45. The molecule has 6 nitrogen and oxygen atoms in total. The Morgan fingerprint density at radius 3 is 2.80 bits per heavy atom. The first-order valence-electron chi connectivity index (χ1n) is 9.79. The Balaban J connectivity index is 0.00000320. The predicted molar refractivity (Wildman–Crippen MR) is 122 cm³/mol. The van der Waals surface area contributed by atoms with Gasteiger partial charge in [0.25, 0.3) is 0 Å². The highest BCUT2D eigenvalue weighted by Gasteiger charge is 2.34. The molecule has 0 radical (unpaired) electrons. The molecule has 1 aromatic heterocycles. The summed E-state index contributed by atoms with van der Waals surface area (Å²) in [6.07, 6.45) is 1.96. The molecule has 1 unspecified atom stereocenters. The first-order chi connectivity index (χ1) is 13.9. The molecule has 166 valence electrons. The van der Waals surface area contributed by atoms with E-state index in [0.717, 1.165) is 17.7 Å². The monoisotopic (exact) mass is 536 g/mol. The van der Waals surface area contributed by atoms with E-state index in [1.54, 1.807) is 12.5 Å². The second kappa shape index (κ2) is 11.5. The Labute approximate surface area is 192 Å². The van der Waals surface area contributed by atoms with Gasteiger partial charge < -0.3 is 15.2 Å². The van der Waals surface area contributed by atoms with Crippen LogP contribution < -0.4 is 10.6 Å². The van der Waals surface area contributed by atoms with Crippen LogP contribution in [0.1, 0.15) is 24.5 Å². The van der Waals surface area contributed by atoms with E-state index in [9.17, 15) is 13.2 Å². The number of rotatable bonds is 7. The van der Waals surface area contributed by atoms with E-state index >= 15 is 0 Å². The van der Waals surface area contributed by atoms with Crippen molar-refractivity contribution < 1.29 is 13.2 Å². The molecule has 1 aliphatic heterocycles. The van der Waals surface area contributed by atoms with Crippen LogP contribution in [-0.4, -0.2) is 58.8 Å². The average molecular weight is 536 g/mol. The molecular formula is C20H28F3IN6. The molecular weight excluding hydrogens is 508 g/mol. The first-order valence-corrected chi connectivity index (χ1v) is 9.79. The van der Waals surface area contributed by atoms with E-state index in [1.165, 1.54) is 4.90 Å². The Kier molecular flexibility index (Phi) is 9.40. The van der Waals surface area contributed by atoms with Crippen molar-refractivity contribution in [2.45, 2.75) is 38.7 Å². The SMILES string of the molecule is CCNC(=NCc1cccc(Cn2ccnc2)c1)NC1CCN(CC(F)(F)F)C1.I. The minimum Gasteiger partial charge on any atom is -0.357 e. The number of hydrogen-bond acceptors (Lipinski definition) is 3. The van der Waals surface area contributed by atoms with Crippen LogP contribution in [0.15, 0.2) is 48.0 Å². The second-order valence-corrected chi connectivity index (χ2v) is 7.23. The number of nitrogens with one attached hydrogen (secondary N) is 2. The summed E-state index contributed by atoms with van der Waals surface area (Å²) in [5, 5.41) is 6.45. The standard InChI is InChI=1S/C20H27F3N6.HI/c1-2-25-19(27-18-6-8-28(13-18)14-20(21,22)23)26-11-16-4-3-5-17(10-16)12-29-9-7-24-15-29;/h3-5,7,9-10,15,18H,2,6,8,11-14H2,1H3,(H2,25,26,27);1H. The molecule has 1 saturated heterocycles. The van der Waals surface area contributed by atoms with Crippen molar-refractivity contribution in [3.63, 3.8) is 0 Å². The lowest BCUT2D eigenvalue weighted by molar-refractivity contribution is -0.143. The van der Waals surface area contributed by atoms with Gasteiger partial charge in [-0.25, -0.2) is 9.98 Å². The summed E-state index contributed by atoms with van der Waals surface area (Å²) in [6, 6.07) is 8.15. The zero-order valence-corrected chi connectivity index (χ0v) is 19.2. The number of aliphatic imine (C=N–C) groups is 1. The molecule has 30 heavy (non-hydrogen) atoms. The summed E-state index contributed by atoms with van der Waals surface area (Å²) in [5.74, 6) is 0.631. The number of alkyl halides is 3. The molecule has 1 fully saturated rings. The highest BCUT2D eigenvalue weighted by Crippen LogP contribution is 2.20. The van der Waals surface area contributed by atoms with E-state index in [4.69, 9.17) is 0 Å². The van der Waals surface area contributed by atoms with Crippen LogP contribution in [0.5, 0.6) is 0 Å². The Bertz CT molecular complexity index is 794. The number of likely N-dealkylation sites (tertiary alicyclic amines) is 1. The van der Waals surface area contributed by atoms with E-state index < -0.39 is 12.7 Å². The lowest BCUT2D eigenvalue weighted by Gasteiger charge is -2.19. The second-order valence-electron chi connectivity index (χ2n) is 7.23. The molecule has 2 aromatic rings. The van der Waals surface area contributed by atoms with Gasteiger partial charge in [-0.2, -0.15) is 13.2 Å². The van der Waals surface area contributed by atoms with Gasteiger partial charge in [-0.1, -0.05) is 24.3 Å². The highest BCUT2D eigenvalue weighted by molar-refractivity contribution is 14.0. The lowest BCUT2D eigenvalue weighted by Crippen LogP contribution is -2.45. The number of aromatic nitrogens is 2. The van der Waals surface area contributed by atoms with Crippen LogP contribution in [0.4, 0.5) is 13.2 Å². The summed E-state index contributed by atoms with van der Waals surface area (Å²) >= 11 is 0. The Morgan fingerprint density at radius 1 is 1.30 bits per heavy atom. The summed E-state index contributed by atoms with van der Waals surface area (Å²) < 4.78 is 39.7. The zero-order chi connectivity index (χ0) is 20.7. The summed E-state index contributed by atoms with van der Waals surface area (Å²) in [6.45, 7) is 3.83. The summed E-state index contributed by atoms with van der Waals surface area (Å²) in [4.78, 5) is 10.1.